The molecule has 0 saturated heterocycles. The minimum atomic E-state index is -0.336. The van der Waals surface area contributed by atoms with Gasteiger partial charge in [0.2, 0.25) is 0 Å². The van der Waals surface area contributed by atoms with Crippen molar-refractivity contribution in [3.63, 3.8) is 0 Å². The van der Waals surface area contributed by atoms with E-state index in [1.54, 1.807) is 6.07 Å². The summed E-state index contributed by atoms with van der Waals surface area (Å²) in [6.07, 6.45) is 0.833. The molecule has 1 aromatic carbocycles. The molecule has 2 N–H and O–H groups in total. The molecule has 2 heterocycles. The average Bonchev–Trinajstić information content (AvgIpc) is 2.51. The van der Waals surface area contributed by atoms with Crippen LogP contribution in [0.2, 0.25) is 0 Å². The van der Waals surface area contributed by atoms with Crippen LogP contribution in [0.3, 0.4) is 0 Å². The van der Waals surface area contributed by atoms with Crippen LogP contribution in [-0.4, -0.2) is 16.2 Å². The van der Waals surface area contributed by atoms with E-state index in [1.165, 1.54) is 6.07 Å². The first-order valence-corrected chi connectivity index (χ1v) is 5.75. The third-order valence-electron chi connectivity index (χ3n) is 3.02. The molecule has 2 aromatic rings. The van der Waals surface area contributed by atoms with Crippen molar-refractivity contribution in [2.75, 3.05) is 6.61 Å². The molecule has 0 fully saturated rings. The number of imidazole rings is 1. The van der Waals surface area contributed by atoms with Gasteiger partial charge in [0.25, 0.3) is 0 Å². The van der Waals surface area contributed by atoms with Gasteiger partial charge in [-0.05, 0) is 25.5 Å². The summed E-state index contributed by atoms with van der Waals surface area (Å²) >= 11 is 0. The highest BCUT2D eigenvalue weighted by molar-refractivity contribution is 5.83. The van der Waals surface area contributed by atoms with Gasteiger partial charge in [0.1, 0.15) is 11.3 Å². The van der Waals surface area contributed by atoms with Crippen molar-refractivity contribution in [1.29, 1.82) is 0 Å². The monoisotopic (exact) mass is 235 g/mol. The summed E-state index contributed by atoms with van der Waals surface area (Å²) in [5.41, 5.74) is 7.38. The molecule has 17 heavy (non-hydrogen) atoms. The molecular weight excluding hydrogens is 221 g/mol. The summed E-state index contributed by atoms with van der Waals surface area (Å²) < 4.78 is 21.2. The number of ether oxygens (including phenoxy) is 1. The number of aromatic nitrogens is 2. The molecular formula is C12H14FN3O. The Morgan fingerprint density at radius 1 is 1.53 bits per heavy atom. The topological polar surface area (TPSA) is 53.1 Å². The highest BCUT2D eigenvalue weighted by atomic mass is 19.1. The Kier molecular flexibility index (Phi) is 2.29. The van der Waals surface area contributed by atoms with E-state index in [2.05, 4.69) is 4.98 Å². The number of hydrogen-bond acceptors (Lipinski definition) is 3. The fourth-order valence-corrected chi connectivity index (χ4v) is 2.29. The van der Waals surface area contributed by atoms with E-state index < -0.39 is 0 Å². The van der Waals surface area contributed by atoms with Crippen LogP contribution in [-0.2, 0) is 6.54 Å². The molecule has 1 unspecified atom stereocenters. The van der Waals surface area contributed by atoms with E-state index in [-0.39, 0.29) is 11.9 Å². The molecule has 0 radical (unpaired) electrons. The zero-order valence-electron chi connectivity index (χ0n) is 9.61. The summed E-state index contributed by atoms with van der Waals surface area (Å²) in [6.45, 7) is 3.17. The maximum Gasteiger partial charge on any atom is 0.180 e. The standard InChI is InChI=1S/C12H14FN3O/c1-7(14)12-15-9-4-3-8(13)11-10(9)16(12)5-2-6-17-11/h3-4,7H,2,5-6,14H2,1H3. The molecule has 1 atom stereocenters. The van der Waals surface area contributed by atoms with Crippen LogP contribution in [0.1, 0.15) is 25.2 Å². The minimum absolute atomic E-state index is 0.170. The predicted molar refractivity (Wildman–Crippen MR) is 62.4 cm³/mol. The number of rotatable bonds is 1. The van der Waals surface area contributed by atoms with Crippen LogP contribution in [0.25, 0.3) is 11.0 Å². The van der Waals surface area contributed by atoms with Crippen LogP contribution >= 0.6 is 0 Å². The van der Waals surface area contributed by atoms with E-state index in [1.807, 2.05) is 11.5 Å². The molecule has 5 heteroatoms. The first-order chi connectivity index (χ1) is 8.18. The lowest BCUT2D eigenvalue weighted by molar-refractivity contribution is 0.301. The average molecular weight is 235 g/mol. The van der Waals surface area contributed by atoms with E-state index in [9.17, 15) is 4.39 Å². The Morgan fingerprint density at radius 3 is 3.12 bits per heavy atom. The molecule has 4 nitrogen and oxygen atoms in total. The zero-order chi connectivity index (χ0) is 12.0. The first kappa shape index (κ1) is 10.5. The summed E-state index contributed by atoms with van der Waals surface area (Å²) in [5.74, 6) is 0.758. The second-order valence-corrected chi connectivity index (χ2v) is 4.36. The number of hydrogen-bond donors (Lipinski definition) is 1. The van der Waals surface area contributed by atoms with Crippen molar-refractivity contribution in [2.24, 2.45) is 5.73 Å². The van der Waals surface area contributed by atoms with E-state index in [0.717, 1.165) is 29.8 Å². The number of benzene rings is 1. The zero-order valence-corrected chi connectivity index (χ0v) is 9.61. The highest BCUT2D eigenvalue weighted by Crippen LogP contribution is 2.33. The SMILES string of the molecule is CC(N)c1nc2ccc(F)c3c2n1CCCO3. The van der Waals surface area contributed by atoms with Gasteiger partial charge in [-0.15, -0.1) is 0 Å². The highest BCUT2D eigenvalue weighted by Gasteiger charge is 2.21. The lowest BCUT2D eigenvalue weighted by Gasteiger charge is -2.08. The Hall–Kier alpha value is -1.62. The predicted octanol–water partition coefficient (Wildman–Crippen LogP) is 1.98. The Morgan fingerprint density at radius 2 is 2.35 bits per heavy atom. The van der Waals surface area contributed by atoms with Crippen LogP contribution in [0.5, 0.6) is 5.75 Å². The number of halogens is 1. The largest absolute Gasteiger partial charge is 0.488 e. The molecule has 0 amide bonds. The van der Waals surface area contributed by atoms with Gasteiger partial charge in [0.05, 0.1) is 18.2 Å². The second-order valence-electron chi connectivity index (χ2n) is 4.36. The molecule has 0 saturated carbocycles. The lowest BCUT2D eigenvalue weighted by Crippen LogP contribution is -2.13. The number of aryl methyl sites for hydroxylation is 1. The number of nitrogens with zero attached hydrogens (tertiary/aromatic N) is 2. The Bertz CT molecular complexity index is 577. The first-order valence-electron chi connectivity index (χ1n) is 5.75. The molecule has 1 aromatic heterocycles. The van der Waals surface area contributed by atoms with Crippen LogP contribution in [0, 0.1) is 5.82 Å². The quantitative estimate of drug-likeness (QED) is 0.822. The van der Waals surface area contributed by atoms with Gasteiger partial charge < -0.3 is 15.0 Å². The molecule has 90 valence electrons. The van der Waals surface area contributed by atoms with Crippen molar-refractivity contribution in [3.8, 4) is 5.75 Å². The molecule has 1 aliphatic rings. The third kappa shape index (κ3) is 1.50. The van der Waals surface area contributed by atoms with Gasteiger partial charge in [0.15, 0.2) is 11.6 Å². The van der Waals surface area contributed by atoms with Gasteiger partial charge in [-0.25, -0.2) is 9.37 Å². The van der Waals surface area contributed by atoms with Crippen LogP contribution < -0.4 is 10.5 Å². The van der Waals surface area contributed by atoms with Gasteiger partial charge in [0, 0.05) is 6.54 Å². The van der Waals surface area contributed by atoms with Crippen molar-refractivity contribution in [1.82, 2.24) is 9.55 Å². The van der Waals surface area contributed by atoms with Crippen LogP contribution in [0.4, 0.5) is 4.39 Å². The van der Waals surface area contributed by atoms with Crippen molar-refractivity contribution in [3.05, 3.63) is 23.8 Å². The summed E-state index contributed by atoms with van der Waals surface area (Å²) in [4.78, 5) is 4.46. The molecule has 1 aliphatic heterocycles. The van der Waals surface area contributed by atoms with Crippen molar-refractivity contribution in [2.45, 2.75) is 25.9 Å². The Labute approximate surface area is 98.2 Å². The third-order valence-corrected chi connectivity index (χ3v) is 3.02. The maximum absolute atomic E-state index is 13.7. The second kappa shape index (κ2) is 3.70. The van der Waals surface area contributed by atoms with Crippen molar-refractivity contribution >= 4 is 11.0 Å². The van der Waals surface area contributed by atoms with Crippen LogP contribution in [0.15, 0.2) is 12.1 Å². The molecule has 0 bridgehead atoms. The smallest absolute Gasteiger partial charge is 0.180 e. The fraction of sp³-hybridized carbons (Fsp3) is 0.417. The Balaban J connectivity index is 2.38. The molecule has 0 spiro atoms. The molecule has 0 aliphatic carbocycles. The van der Waals surface area contributed by atoms with Crippen molar-refractivity contribution < 1.29 is 9.13 Å². The van der Waals surface area contributed by atoms with E-state index in [0.29, 0.717) is 12.4 Å². The molecule has 3 rings (SSSR count). The van der Waals surface area contributed by atoms with E-state index in [4.69, 9.17) is 10.5 Å². The fourth-order valence-electron chi connectivity index (χ4n) is 2.29. The lowest BCUT2D eigenvalue weighted by atomic mass is 10.3. The van der Waals surface area contributed by atoms with Gasteiger partial charge >= 0.3 is 0 Å². The number of nitrogens with two attached hydrogens (primary N) is 1. The minimum Gasteiger partial charge on any atom is -0.488 e. The summed E-state index contributed by atoms with van der Waals surface area (Å²) in [5, 5.41) is 0. The van der Waals surface area contributed by atoms with Gasteiger partial charge in [-0.2, -0.15) is 0 Å². The maximum atomic E-state index is 13.7. The summed E-state index contributed by atoms with van der Waals surface area (Å²) in [6, 6.07) is 2.90. The summed E-state index contributed by atoms with van der Waals surface area (Å²) in [7, 11) is 0. The normalized spacial score (nSPS) is 16.6. The van der Waals surface area contributed by atoms with Gasteiger partial charge in [-0.3, -0.25) is 0 Å². The van der Waals surface area contributed by atoms with E-state index >= 15 is 0 Å². The van der Waals surface area contributed by atoms with Gasteiger partial charge in [-0.1, -0.05) is 0 Å².